The Hall–Kier alpha value is -3.32. The number of carbonyl (C=O) groups excluding carboxylic acids is 2. The molecular weight excluding hydrogens is 426 g/mol. The van der Waals surface area contributed by atoms with Gasteiger partial charge in [-0.05, 0) is 48.6 Å². The highest BCUT2D eigenvalue weighted by Crippen LogP contribution is 2.34. The van der Waals surface area contributed by atoms with Crippen molar-refractivity contribution < 1.29 is 23.8 Å². The highest BCUT2D eigenvalue weighted by Gasteiger charge is 2.31. The lowest BCUT2D eigenvalue weighted by molar-refractivity contribution is -0.135. The molecule has 32 heavy (non-hydrogen) atoms. The first kappa shape index (κ1) is 21.9. The number of rotatable bonds is 9. The van der Waals surface area contributed by atoms with Crippen LogP contribution in [0.1, 0.15) is 34.1 Å². The predicted molar refractivity (Wildman–Crippen MR) is 122 cm³/mol. The molecule has 4 rings (SSSR count). The average molecular weight is 452 g/mol. The number of para-hydroxylation sites is 2. The van der Waals surface area contributed by atoms with Crippen molar-refractivity contribution in [3.8, 4) is 11.5 Å². The van der Waals surface area contributed by atoms with Gasteiger partial charge in [0.15, 0.2) is 6.61 Å². The second-order valence-corrected chi connectivity index (χ2v) is 8.32. The summed E-state index contributed by atoms with van der Waals surface area (Å²) in [6.45, 7) is 1.01. The fourth-order valence-electron chi connectivity index (χ4n) is 3.72. The third kappa shape index (κ3) is 5.48. The van der Waals surface area contributed by atoms with Gasteiger partial charge in [-0.15, -0.1) is 11.3 Å². The molecular formula is C25H25NO5S. The molecule has 3 aromatic rings. The summed E-state index contributed by atoms with van der Waals surface area (Å²) < 4.78 is 16.7. The van der Waals surface area contributed by atoms with Crippen LogP contribution in [0, 0.1) is 0 Å². The van der Waals surface area contributed by atoms with Crippen LogP contribution in [-0.4, -0.2) is 43.1 Å². The number of carbonyl (C=O) groups is 2. The number of hydrogen-bond acceptors (Lipinski definition) is 6. The molecule has 1 aliphatic rings. The lowest BCUT2D eigenvalue weighted by atomic mass is 10.2. The van der Waals surface area contributed by atoms with Gasteiger partial charge in [-0.1, -0.05) is 36.4 Å². The average Bonchev–Trinajstić information content (AvgIpc) is 3.53. The Bertz CT molecular complexity index is 1020. The quantitative estimate of drug-likeness (QED) is 0.348. The maximum atomic E-state index is 12.7. The number of amides is 1. The van der Waals surface area contributed by atoms with Gasteiger partial charge in [0.2, 0.25) is 0 Å². The van der Waals surface area contributed by atoms with Gasteiger partial charge in [-0.25, -0.2) is 4.79 Å². The van der Waals surface area contributed by atoms with Crippen LogP contribution < -0.4 is 9.47 Å². The van der Waals surface area contributed by atoms with Crippen molar-refractivity contribution >= 4 is 23.2 Å². The third-order valence-electron chi connectivity index (χ3n) is 5.23. The summed E-state index contributed by atoms with van der Waals surface area (Å²) in [7, 11) is 0. The van der Waals surface area contributed by atoms with Crippen molar-refractivity contribution in [2.75, 3.05) is 26.4 Å². The molecule has 166 valence electrons. The topological polar surface area (TPSA) is 65.1 Å². The van der Waals surface area contributed by atoms with E-state index in [9.17, 15) is 9.59 Å². The largest absolute Gasteiger partial charge is 0.490 e. The molecule has 7 heteroatoms. The lowest BCUT2D eigenvalue weighted by Gasteiger charge is -2.23. The van der Waals surface area contributed by atoms with E-state index in [1.165, 1.54) is 4.88 Å². The van der Waals surface area contributed by atoms with Crippen molar-refractivity contribution in [1.29, 1.82) is 0 Å². The summed E-state index contributed by atoms with van der Waals surface area (Å²) in [5.41, 5.74) is 0.288. The molecule has 2 aromatic carbocycles. The van der Waals surface area contributed by atoms with Crippen molar-refractivity contribution in [2.45, 2.75) is 18.9 Å². The summed E-state index contributed by atoms with van der Waals surface area (Å²) in [6, 6.07) is 20.4. The zero-order valence-corrected chi connectivity index (χ0v) is 18.5. The first-order valence-electron chi connectivity index (χ1n) is 10.6. The van der Waals surface area contributed by atoms with Crippen LogP contribution in [0.4, 0.5) is 0 Å². The SMILES string of the molecule is O=C(OCC(=O)N1CCCC1c1cccs1)c1ccccc1OCCOc1ccccc1. The molecule has 1 amide bonds. The van der Waals surface area contributed by atoms with Gasteiger partial charge in [-0.2, -0.15) is 0 Å². The summed E-state index contributed by atoms with van der Waals surface area (Å²) in [6.07, 6.45) is 1.88. The number of benzene rings is 2. The van der Waals surface area contributed by atoms with Crippen LogP contribution in [0.25, 0.3) is 0 Å². The molecule has 1 saturated heterocycles. The second-order valence-electron chi connectivity index (χ2n) is 7.34. The molecule has 0 N–H and O–H groups in total. The highest BCUT2D eigenvalue weighted by molar-refractivity contribution is 7.10. The molecule has 0 radical (unpaired) electrons. The van der Waals surface area contributed by atoms with E-state index >= 15 is 0 Å². The maximum absolute atomic E-state index is 12.7. The van der Waals surface area contributed by atoms with E-state index in [4.69, 9.17) is 14.2 Å². The van der Waals surface area contributed by atoms with Crippen molar-refractivity contribution in [2.24, 2.45) is 0 Å². The Morgan fingerprint density at radius 1 is 0.938 bits per heavy atom. The Kier molecular flexibility index (Phi) is 7.40. The van der Waals surface area contributed by atoms with Crippen molar-refractivity contribution in [3.63, 3.8) is 0 Å². The van der Waals surface area contributed by atoms with E-state index in [0.29, 0.717) is 18.9 Å². The minimum atomic E-state index is -0.579. The molecule has 2 heterocycles. The fraction of sp³-hybridized carbons (Fsp3) is 0.280. The summed E-state index contributed by atoms with van der Waals surface area (Å²) >= 11 is 1.64. The highest BCUT2D eigenvalue weighted by atomic mass is 32.1. The van der Waals surface area contributed by atoms with Gasteiger partial charge in [0.1, 0.15) is 30.3 Å². The Labute approximate surface area is 191 Å². The third-order valence-corrected chi connectivity index (χ3v) is 6.20. The van der Waals surface area contributed by atoms with Crippen LogP contribution in [0.5, 0.6) is 11.5 Å². The number of hydrogen-bond donors (Lipinski definition) is 0. The van der Waals surface area contributed by atoms with E-state index in [1.807, 2.05) is 52.7 Å². The molecule has 1 atom stereocenters. The molecule has 1 fully saturated rings. The van der Waals surface area contributed by atoms with E-state index in [2.05, 4.69) is 0 Å². The number of ether oxygens (including phenoxy) is 3. The van der Waals surface area contributed by atoms with Gasteiger partial charge in [0.25, 0.3) is 5.91 Å². The molecule has 0 saturated carbocycles. The van der Waals surface area contributed by atoms with E-state index in [0.717, 1.165) is 18.6 Å². The number of nitrogens with zero attached hydrogens (tertiary/aromatic N) is 1. The van der Waals surface area contributed by atoms with Gasteiger partial charge >= 0.3 is 5.97 Å². The summed E-state index contributed by atoms with van der Waals surface area (Å²) in [4.78, 5) is 28.3. The maximum Gasteiger partial charge on any atom is 0.342 e. The smallest absolute Gasteiger partial charge is 0.342 e. The lowest BCUT2D eigenvalue weighted by Crippen LogP contribution is -2.34. The zero-order chi connectivity index (χ0) is 22.2. The molecule has 1 unspecified atom stereocenters. The predicted octanol–water partition coefficient (Wildman–Crippen LogP) is 4.73. The molecule has 0 spiro atoms. The molecule has 1 aromatic heterocycles. The van der Waals surface area contributed by atoms with Crippen molar-refractivity contribution in [3.05, 3.63) is 82.6 Å². The van der Waals surface area contributed by atoms with E-state index < -0.39 is 5.97 Å². The van der Waals surface area contributed by atoms with Gasteiger partial charge in [0, 0.05) is 11.4 Å². The minimum absolute atomic E-state index is 0.0708. The first-order valence-corrected chi connectivity index (χ1v) is 11.5. The monoisotopic (exact) mass is 451 g/mol. The Morgan fingerprint density at radius 2 is 1.72 bits per heavy atom. The standard InChI is InChI=1S/C25H25NO5S/c27-24(26-14-6-11-21(26)23-13-7-17-32-23)18-31-25(28)20-10-4-5-12-22(20)30-16-15-29-19-8-2-1-3-9-19/h1-5,7-10,12-13,17,21H,6,11,14-16,18H2. The zero-order valence-electron chi connectivity index (χ0n) is 17.6. The Morgan fingerprint density at radius 3 is 2.53 bits per heavy atom. The second kappa shape index (κ2) is 10.8. The summed E-state index contributed by atoms with van der Waals surface area (Å²) in [5, 5.41) is 2.01. The summed E-state index contributed by atoms with van der Waals surface area (Å²) in [5.74, 6) is 0.401. The first-order chi connectivity index (χ1) is 15.7. The molecule has 0 bridgehead atoms. The molecule has 1 aliphatic heterocycles. The minimum Gasteiger partial charge on any atom is -0.490 e. The van der Waals surface area contributed by atoms with Crippen LogP contribution in [0.3, 0.4) is 0 Å². The number of thiophene rings is 1. The fourth-order valence-corrected chi connectivity index (χ4v) is 4.59. The van der Waals surface area contributed by atoms with Crippen LogP contribution >= 0.6 is 11.3 Å². The van der Waals surface area contributed by atoms with Crippen LogP contribution in [0.15, 0.2) is 72.1 Å². The Balaban J connectivity index is 1.29. The molecule has 0 aliphatic carbocycles. The number of likely N-dealkylation sites (tertiary alicyclic amines) is 1. The van der Waals surface area contributed by atoms with Gasteiger partial charge in [-0.3, -0.25) is 4.79 Å². The normalized spacial score (nSPS) is 15.4. The molecule has 6 nitrogen and oxygen atoms in total. The van der Waals surface area contributed by atoms with Crippen LogP contribution in [-0.2, 0) is 9.53 Å². The van der Waals surface area contributed by atoms with E-state index in [-0.39, 0.29) is 30.7 Å². The van der Waals surface area contributed by atoms with Gasteiger partial charge < -0.3 is 19.1 Å². The van der Waals surface area contributed by atoms with Gasteiger partial charge in [0.05, 0.1) is 6.04 Å². The van der Waals surface area contributed by atoms with Crippen molar-refractivity contribution in [1.82, 2.24) is 4.90 Å². The van der Waals surface area contributed by atoms with Crippen LogP contribution in [0.2, 0.25) is 0 Å². The number of esters is 1. The van der Waals surface area contributed by atoms with E-state index in [1.54, 1.807) is 35.6 Å².